The van der Waals surface area contributed by atoms with Crippen LogP contribution >= 0.6 is 11.3 Å². The lowest BCUT2D eigenvalue weighted by Crippen LogP contribution is -2.22. The average Bonchev–Trinajstić information content (AvgIpc) is 3.45. The Morgan fingerprint density at radius 2 is 1.90 bits per heavy atom. The summed E-state index contributed by atoms with van der Waals surface area (Å²) >= 11 is 1.57. The predicted octanol–water partition coefficient (Wildman–Crippen LogP) is 4.63. The number of hydrogen-bond acceptors (Lipinski definition) is 6. The smallest absolute Gasteiger partial charge is 0.140 e. The summed E-state index contributed by atoms with van der Waals surface area (Å²) in [6.45, 7) is 3.29. The van der Waals surface area contributed by atoms with Crippen LogP contribution in [-0.4, -0.2) is 31.7 Å². The molecule has 0 aliphatic carbocycles. The van der Waals surface area contributed by atoms with Gasteiger partial charge in [0, 0.05) is 18.0 Å². The number of benzene rings is 2. The highest BCUT2D eigenvalue weighted by atomic mass is 32.1. The fourth-order valence-electron chi connectivity index (χ4n) is 3.06. The Morgan fingerprint density at radius 3 is 2.60 bits per heavy atom. The molecule has 154 valence electrons. The first-order valence-corrected chi connectivity index (χ1v) is 10.4. The van der Waals surface area contributed by atoms with E-state index < -0.39 is 0 Å². The molecule has 1 atom stereocenters. The summed E-state index contributed by atoms with van der Waals surface area (Å²) in [5, 5.41) is 7.11. The molecule has 0 N–H and O–H groups in total. The molecule has 6 nitrogen and oxygen atoms in total. The SMILES string of the molecule is CC(c1ccc(-n2cncn2)cc1)N(C)Cc1csc(COc2ccc(F)cc2)n1. The number of aromatic nitrogens is 4. The highest BCUT2D eigenvalue weighted by molar-refractivity contribution is 7.09. The molecule has 0 amide bonds. The van der Waals surface area contributed by atoms with Crippen molar-refractivity contribution in [3.05, 3.63) is 88.6 Å². The highest BCUT2D eigenvalue weighted by Gasteiger charge is 2.14. The minimum absolute atomic E-state index is 0.232. The van der Waals surface area contributed by atoms with Crippen molar-refractivity contribution in [2.24, 2.45) is 0 Å². The summed E-state index contributed by atoms with van der Waals surface area (Å²) < 4.78 is 20.4. The number of halogens is 1. The molecule has 0 fully saturated rings. The van der Waals surface area contributed by atoms with Gasteiger partial charge >= 0.3 is 0 Å². The van der Waals surface area contributed by atoms with E-state index in [9.17, 15) is 4.39 Å². The first-order valence-electron chi connectivity index (χ1n) is 9.55. The summed E-state index contributed by atoms with van der Waals surface area (Å²) in [6.07, 6.45) is 3.21. The molecular formula is C22H22FN5OS. The van der Waals surface area contributed by atoms with Crippen LogP contribution < -0.4 is 4.74 Å². The van der Waals surface area contributed by atoms with Crippen LogP contribution in [0.4, 0.5) is 4.39 Å². The number of ether oxygens (including phenoxy) is 1. The molecule has 0 aliphatic heterocycles. The van der Waals surface area contributed by atoms with Crippen molar-refractivity contribution in [2.45, 2.75) is 26.1 Å². The van der Waals surface area contributed by atoms with Crippen LogP contribution in [0.2, 0.25) is 0 Å². The van der Waals surface area contributed by atoms with Crippen LogP contribution in [0.5, 0.6) is 5.75 Å². The van der Waals surface area contributed by atoms with E-state index in [1.807, 2.05) is 12.1 Å². The molecule has 0 saturated heterocycles. The van der Waals surface area contributed by atoms with Crippen LogP contribution in [0.3, 0.4) is 0 Å². The van der Waals surface area contributed by atoms with Gasteiger partial charge in [0.25, 0.3) is 0 Å². The van der Waals surface area contributed by atoms with Gasteiger partial charge in [0.1, 0.15) is 35.8 Å². The molecule has 4 rings (SSSR count). The fourth-order valence-corrected chi connectivity index (χ4v) is 3.75. The van der Waals surface area contributed by atoms with Gasteiger partial charge < -0.3 is 4.74 Å². The van der Waals surface area contributed by atoms with Gasteiger partial charge in [-0.25, -0.2) is 19.0 Å². The maximum atomic E-state index is 13.0. The van der Waals surface area contributed by atoms with Crippen LogP contribution in [0.15, 0.2) is 66.6 Å². The molecule has 2 heterocycles. The number of rotatable bonds is 8. The van der Waals surface area contributed by atoms with Crippen LogP contribution in [0, 0.1) is 5.82 Å². The average molecular weight is 424 g/mol. The van der Waals surface area contributed by atoms with Gasteiger partial charge in [0.05, 0.1) is 11.4 Å². The van der Waals surface area contributed by atoms with E-state index in [1.165, 1.54) is 24.0 Å². The maximum Gasteiger partial charge on any atom is 0.140 e. The normalized spacial score (nSPS) is 12.3. The Balaban J connectivity index is 1.33. The van der Waals surface area contributed by atoms with Crippen molar-refractivity contribution in [3.8, 4) is 11.4 Å². The van der Waals surface area contributed by atoms with Crippen molar-refractivity contribution in [3.63, 3.8) is 0 Å². The van der Waals surface area contributed by atoms with Crippen molar-refractivity contribution in [2.75, 3.05) is 7.05 Å². The Morgan fingerprint density at radius 1 is 1.13 bits per heavy atom. The summed E-state index contributed by atoms with van der Waals surface area (Å²) in [7, 11) is 2.09. The number of thiazole rings is 1. The zero-order chi connectivity index (χ0) is 20.9. The summed E-state index contributed by atoms with van der Waals surface area (Å²) in [5.74, 6) is 0.359. The Kier molecular flexibility index (Phi) is 6.15. The van der Waals surface area contributed by atoms with E-state index in [2.05, 4.69) is 51.5 Å². The standard InChI is InChI=1S/C22H22FN5OS/c1-16(17-3-7-20(8-4-17)28-15-24-14-25-28)27(2)11-19-13-30-22(26-19)12-29-21-9-5-18(23)6-10-21/h3-10,13-16H,11-12H2,1-2H3. The second-order valence-electron chi connectivity index (χ2n) is 7.00. The third-order valence-electron chi connectivity index (χ3n) is 4.91. The first kappa shape index (κ1) is 20.2. The molecule has 0 saturated carbocycles. The van der Waals surface area contributed by atoms with E-state index in [1.54, 1.807) is 34.5 Å². The molecule has 0 bridgehead atoms. The molecule has 0 aliphatic rings. The molecular weight excluding hydrogens is 401 g/mol. The lowest BCUT2D eigenvalue weighted by Gasteiger charge is -2.24. The summed E-state index contributed by atoms with van der Waals surface area (Å²) in [6, 6.07) is 14.6. The third-order valence-corrected chi connectivity index (χ3v) is 5.78. The molecule has 0 spiro atoms. The van der Waals surface area contributed by atoms with E-state index in [4.69, 9.17) is 4.74 Å². The lowest BCUT2D eigenvalue weighted by molar-refractivity contribution is 0.249. The van der Waals surface area contributed by atoms with E-state index in [-0.39, 0.29) is 11.9 Å². The first-order chi connectivity index (χ1) is 14.6. The monoisotopic (exact) mass is 423 g/mol. The van der Waals surface area contributed by atoms with Crippen LogP contribution in [0.1, 0.15) is 29.2 Å². The Bertz CT molecular complexity index is 1060. The van der Waals surface area contributed by atoms with Gasteiger partial charge in [-0.05, 0) is 55.9 Å². The summed E-state index contributed by atoms with van der Waals surface area (Å²) in [5.41, 5.74) is 3.21. The van der Waals surface area contributed by atoms with Crippen molar-refractivity contribution >= 4 is 11.3 Å². The third kappa shape index (κ3) is 4.90. The molecule has 0 radical (unpaired) electrons. The van der Waals surface area contributed by atoms with Gasteiger partial charge in [-0.15, -0.1) is 11.3 Å². The summed E-state index contributed by atoms with van der Waals surface area (Å²) in [4.78, 5) is 10.9. The topological polar surface area (TPSA) is 56.1 Å². The molecule has 8 heteroatoms. The minimum atomic E-state index is -0.274. The zero-order valence-corrected chi connectivity index (χ0v) is 17.6. The largest absolute Gasteiger partial charge is 0.486 e. The van der Waals surface area contributed by atoms with Crippen molar-refractivity contribution in [1.29, 1.82) is 0 Å². The molecule has 4 aromatic rings. The zero-order valence-electron chi connectivity index (χ0n) is 16.8. The highest BCUT2D eigenvalue weighted by Crippen LogP contribution is 2.23. The van der Waals surface area contributed by atoms with Gasteiger partial charge in [-0.3, -0.25) is 4.90 Å². The lowest BCUT2D eigenvalue weighted by atomic mass is 10.1. The van der Waals surface area contributed by atoms with Gasteiger partial charge in [0.15, 0.2) is 0 Å². The fraction of sp³-hybridized carbons (Fsp3) is 0.227. The minimum Gasteiger partial charge on any atom is -0.486 e. The van der Waals surface area contributed by atoms with Gasteiger partial charge in [0.2, 0.25) is 0 Å². The maximum absolute atomic E-state index is 13.0. The van der Waals surface area contributed by atoms with E-state index in [0.717, 1.165) is 22.9 Å². The van der Waals surface area contributed by atoms with Gasteiger partial charge in [-0.1, -0.05) is 12.1 Å². The van der Waals surface area contributed by atoms with Crippen LogP contribution in [-0.2, 0) is 13.2 Å². The molecule has 1 unspecified atom stereocenters. The second kappa shape index (κ2) is 9.15. The van der Waals surface area contributed by atoms with Crippen molar-refractivity contribution < 1.29 is 9.13 Å². The van der Waals surface area contributed by atoms with Crippen LogP contribution in [0.25, 0.3) is 5.69 Å². The predicted molar refractivity (Wildman–Crippen MR) is 114 cm³/mol. The number of nitrogens with zero attached hydrogens (tertiary/aromatic N) is 5. The number of hydrogen-bond donors (Lipinski definition) is 0. The Labute approximate surface area is 178 Å². The van der Waals surface area contributed by atoms with E-state index >= 15 is 0 Å². The Hall–Kier alpha value is -3.10. The second-order valence-corrected chi connectivity index (χ2v) is 7.94. The molecule has 2 aromatic carbocycles. The molecule has 30 heavy (non-hydrogen) atoms. The van der Waals surface area contributed by atoms with Gasteiger partial charge in [-0.2, -0.15) is 5.10 Å². The van der Waals surface area contributed by atoms with Crippen molar-refractivity contribution in [1.82, 2.24) is 24.6 Å². The van der Waals surface area contributed by atoms with E-state index in [0.29, 0.717) is 12.4 Å². The quantitative estimate of drug-likeness (QED) is 0.413. The molecule has 2 aromatic heterocycles.